The Morgan fingerprint density at radius 3 is 2.09 bits per heavy atom. The maximum atomic E-state index is 12.6. The van der Waals surface area contributed by atoms with Gasteiger partial charge in [-0.15, -0.1) is 13.2 Å². The van der Waals surface area contributed by atoms with Gasteiger partial charge in [0.25, 0.3) is 11.8 Å². The number of amides is 2. The highest BCUT2D eigenvalue weighted by Gasteiger charge is 2.43. The van der Waals surface area contributed by atoms with Crippen LogP contribution in [-0.4, -0.2) is 49.0 Å². The number of nitrogen functional groups attached to an aromatic ring is 1. The van der Waals surface area contributed by atoms with Crippen LogP contribution >= 0.6 is 0 Å². The van der Waals surface area contributed by atoms with Crippen molar-refractivity contribution in [2.45, 2.75) is 28.4 Å². The number of anilines is 1. The molecule has 33 heavy (non-hydrogen) atoms. The number of carbonyl (C=O) groups is 2. The number of ether oxygens (including phenoxy) is 1. The van der Waals surface area contributed by atoms with E-state index in [2.05, 4.69) is 9.72 Å². The van der Waals surface area contributed by atoms with E-state index in [9.17, 15) is 44.3 Å². The molecule has 0 aliphatic rings. The number of pyridine rings is 1. The number of aromatic nitrogens is 1. The third-order valence-electron chi connectivity index (χ3n) is 3.64. The molecule has 1 aromatic carbocycles. The molecule has 1 unspecified atom stereocenters. The summed E-state index contributed by atoms with van der Waals surface area (Å²) in [4.78, 5) is 25.5. The highest BCUT2D eigenvalue weighted by molar-refractivity contribution is 7.91. The van der Waals surface area contributed by atoms with Crippen LogP contribution in [0.3, 0.4) is 0 Å². The number of benzene rings is 1. The fourth-order valence-electron chi connectivity index (χ4n) is 2.15. The zero-order chi connectivity index (χ0) is 25.2. The van der Waals surface area contributed by atoms with E-state index in [1.54, 1.807) is 0 Å². The van der Waals surface area contributed by atoms with Crippen molar-refractivity contribution >= 4 is 27.3 Å². The summed E-state index contributed by atoms with van der Waals surface area (Å²) in [6, 6.07) is 3.88. The number of carbonyl (C=O) groups excluding carboxylic acids is 2. The van der Waals surface area contributed by atoms with Crippen molar-refractivity contribution in [3.05, 3.63) is 42.2 Å². The van der Waals surface area contributed by atoms with Gasteiger partial charge in [0, 0.05) is 6.20 Å². The molecule has 0 saturated carbocycles. The molecule has 0 fully saturated rings. The number of sulfone groups is 1. The second-order valence-corrected chi connectivity index (χ2v) is 7.97. The van der Waals surface area contributed by atoms with Crippen LogP contribution in [0.15, 0.2) is 46.3 Å². The summed E-state index contributed by atoms with van der Waals surface area (Å²) >= 11 is 0. The van der Waals surface area contributed by atoms with Gasteiger partial charge in [0.1, 0.15) is 5.75 Å². The second kappa shape index (κ2) is 9.10. The van der Waals surface area contributed by atoms with Crippen molar-refractivity contribution < 1.29 is 54.2 Å². The van der Waals surface area contributed by atoms with Crippen LogP contribution in [0.4, 0.5) is 32.0 Å². The number of aliphatic hydroxyl groups is 1. The van der Waals surface area contributed by atoms with E-state index in [4.69, 9.17) is 10.8 Å². The van der Waals surface area contributed by atoms with Gasteiger partial charge in [0.2, 0.25) is 15.9 Å². The van der Waals surface area contributed by atoms with E-state index < -0.39 is 67.2 Å². The SMILES string of the molecule is Nc1cc(S(=O)(=O)c2ccc(OC(F)(F)F)cc2)cnc1C(=O)NNC(=O)C(O)C(F)(F)F. The van der Waals surface area contributed by atoms with Crippen LogP contribution in [0.1, 0.15) is 10.5 Å². The zero-order valence-corrected chi connectivity index (χ0v) is 16.5. The quantitative estimate of drug-likeness (QED) is 0.349. The highest BCUT2D eigenvalue weighted by Crippen LogP contribution is 2.27. The van der Waals surface area contributed by atoms with Gasteiger partial charge in [-0.25, -0.2) is 13.4 Å². The van der Waals surface area contributed by atoms with Gasteiger partial charge in [-0.3, -0.25) is 20.4 Å². The molecule has 2 rings (SSSR count). The fraction of sp³-hybridized carbons (Fsp3) is 0.188. The Bertz CT molecular complexity index is 1150. The molecule has 0 aliphatic carbocycles. The standard InChI is InChI=1S/C16H12F6N4O6S/c17-15(18,19)12(27)14(29)26-25-13(28)11-10(23)5-9(6-24-11)33(30,31)8-3-1-7(2-4-8)32-16(20,21)22/h1-6,12,27H,23H2,(H,25,28)(H,26,29). The van der Waals surface area contributed by atoms with E-state index in [1.807, 2.05) is 0 Å². The first-order valence-electron chi connectivity index (χ1n) is 8.24. The Morgan fingerprint density at radius 1 is 1.03 bits per heavy atom. The number of alkyl halides is 6. The smallest absolute Gasteiger partial charge is 0.406 e. The van der Waals surface area contributed by atoms with Crippen molar-refractivity contribution in [3.8, 4) is 5.75 Å². The van der Waals surface area contributed by atoms with Crippen LogP contribution in [0.2, 0.25) is 0 Å². The summed E-state index contributed by atoms with van der Waals surface area (Å²) in [7, 11) is -4.36. The molecule has 0 radical (unpaired) electrons. The predicted octanol–water partition coefficient (Wildman–Crippen LogP) is 1.08. The molecule has 17 heteroatoms. The largest absolute Gasteiger partial charge is 0.573 e. The Labute approximate surface area is 180 Å². The number of nitrogens with zero attached hydrogens (tertiary/aromatic N) is 1. The molecule has 2 aromatic rings. The van der Waals surface area contributed by atoms with E-state index in [0.29, 0.717) is 6.20 Å². The molecule has 0 bridgehead atoms. The number of halogens is 6. The average molecular weight is 502 g/mol. The number of aliphatic hydroxyl groups excluding tert-OH is 1. The molecule has 1 aromatic heterocycles. The number of rotatable bonds is 5. The van der Waals surface area contributed by atoms with Crippen molar-refractivity contribution in [3.63, 3.8) is 0 Å². The maximum Gasteiger partial charge on any atom is 0.573 e. The highest BCUT2D eigenvalue weighted by atomic mass is 32.2. The first-order chi connectivity index (χ1) is 15.0. The summed E-state index contributed by atoms with van der Waals surface area (Å²) in [5.41, 5.74) is 7.09. The lowest BCUT2D eigenvalue weighted by Crippen LogP contribution is -2.51. The topological polar surface area (TPSA) is 161 Å². The fourth-order valence-corrected chi connectivity index (χ4v) is 3.39. The first kappa shape index (κ1) is 25.7. The first-order valence-corrected chi connectivity index (χ1v) is 9.72. The minimum Gasteiger partial charge on any atom is -0.406 e. The predicted molar refractivity (Wildman–Crippen MR) is 94.9 cm³/mol. The van der Waals surface area contributed by atoms with Crippen LogP contribution in [0, 0.1) is 0 Å². The lowest BCUT2D eigenvalue weighted by molar-refractivity contribution is -0.274. The third kappa shape index (κ3) is 6.45. The molecule has 5 N–H and O–H groups in total. The normalized spacial score (nSPS) is 13.2. The zero-order valence-electron chi connectivity index (χ0n) is 15.7. The third-order valence-corrected chi connectivity index (χ3v) is 5.38. The van der Waals surface area contributed by atoms with E-state index in [0.717, 1.165) is 30.3 Å². The molecular formula is C16H12F6N4O6S. The summed E-state index contributed by atoms with van der Waals surface area (Å²) < 4.78 is 102. The van der Waals surface area contributed by atoms with Crippen molar-refractivity contribution in [2.24, 2.45) is 0 Å². The van der Waals surface area contributed by atoms with Crippen LogP contribution < -0.4 is 21.3 Å². The molecule has 0 spiro atoms. The average Bonchev–Trinajstić information content (AvgIpc) is 2.69. The number of hydrogen-bond donors (Lipinski definition) is 4. The number of nitrogens with two attached hydrogens (primary N) is 1. The van der Waals surface area contributed by atoms with E-state index in [1.165, 1.54) is 10.9 Å². The molecular weight excluding hydrogens is 490 g/mol. The summed E-state index contributed by atoms with van der Waals surface area (Å²) in [6.07, 6.45) is -13.1. The van der Waals surface area contributed by atoms with Gasteiger partial charge in [0.15, 0.2) is 5.69 Å². The van der Waals surface area contributed by atoms with Crippen LogP contribution in [0.5, 0.6) is 5.75 Å². The number of hydrogen-bond acceptors (Lipinski definition) is 8. The lowest BCUT2D eigenvalue weighted by atomic mass is 10.3. The molecule has 2 amide bonds. The van der Waals surface area contributed by atoms with Gasteiger partial charge in [-0.2, -0.15) is 13.2 Å². The summed E-state index contributed by atoms with van der Waals surface area (Å²) in [5.74, 6) is -4.02. The van der Waals surface area contributed by atoms with E-state index >= 15 is 0 Å². The van der Waals surface area contributed by atoms with Crippen LogP contribution in [0.25, 0.3) is 0 Å². The van der Waals surface area contributed by atoms with Crippen molar-refractivity contribution in [1.82, 2.24) is 15.8 Å². The van der Waals surface area contributed by atoms with E-state index in [-0.39, 0.29) is 0 Å². The molecule has 0 aliphatic heterocycles. The molecule has 10 nitrogen and oxygen atoms in total. The van der Waals surface area contributed by atoms with Gasteiger partial charge in [-0.05, 0) is 30.3 Å². The molecule has 1 atom stereocenters. The Kier molecular flexibility index (Phi) is 7.08. The number of hydrazine groups is 1. The van der Waals surface area contributed by atoms with Crippen molar-refractivity contribution in [1.29, 1.82) is 0 Å². The second-order valence-electron chi connectivity index (χ2n) is 6.02. The molecule has 1 heterocycles. The van der Waals surface area contributed by atoms with Gasteiger partial charge in [-0.1, -0.05) is 0 Å². The van der Waals surface area contributed by atoms with Gasteiger partial charge >= 0.3 is 12.5 Å². The van der Waals surface area contributed by atoms with Gasteiger partial charge < -0.3 is 15.6 Å². The Balaban J connectivity index is 2.17. The Morgan fingerprint density at radius 2 is 1.61 bits per heavy atom. The molecule has 0 saturated heterocycles. The minimum atomic E-state index is -5.29. The maximum absolute atomic E-state index is 12.6. The Hall–Kier alpha value is -3.60. The van der Waals surface area contributed by atoms with Crippen molar-refractivity contribution in [2.75, 3.05) is 5.73 Å². The summed E-state index contributed by atoms with van der Waals surface area (Å²) in [6.45, 7) is 0. The van der Waals surface area contributed by atoms with Crippen LogP contribution in [-0.2, 0) is 14.6 Å². The van der Waals surface area contributed by atoms with Gasteiger partial charge in [0.05, 0.1) is 15.5 Å². The minimum absolute atomic E-state index is 0.469. The lowest BCUT2D eigenvalue weighted by Gasteiger charge is -2.15. The molecule has 180 valence electrons. The number of nitrogens with one attached hydrogen (secondary N) is 2. The monoisotopic (exact) mass is 502 g/mol. The summed E-state index contributed by atoms with van der Waals surface area (Å²) in [5, 5.41) is 8.74.